The molecule has 19 heavy (non-hydrogen) atoms. The lowest BCUT2D eigenvalue weighted by Gasteiger charge is -2.18. The van der Waals surface area contributed by atoms with Crippen molar-refractivity contribution >= 4 is 35.6 Å². The number of carbonyl (C=O) groups is 2. The zero-order valence-corrected chi connectivity index (χ0v) is 11.1. The van der Waals surface area contributed by atoms with Gasteiger partial charge in [-0.05, 0) is 31.0 Å². The Hall–Kier alpha value is -1.66. The summed E-state index contributed by atoms with van der Waals surface area (Å²) in [6.07, 6.45) is 0.845. The van der Waals surface area contributed by atoms with E-state index in [0.717, 1.165) is 5.56 Å². The van der Waals surface area contributed by atoms with Crippen molar-refractivity contribution in [1.82, 2.24) is 0 Å². The minimum atomic E-state index is -0.727. The van der Waals surface area contributed by atoms with Crippen LogP contribution in [-0.4, -0.2) is 17.9 Å². The van der Waals surface area contributed by atoms with Crippen molar-refractivity contribution in [3.8, 4) is 0 Å². The van der Waals surface area contributed by atoms with E-state index in [2.05, 4.69) is 10.6 Å². The molecule has 0 aromatic heterocycles. The summed E-state index contributed by atoms with van der Waals surface area (Å²) in [5.74, 6) is -1.12. The zero-order chi connectivity index (χ0) is 13.3. The number of halogens is 2. The molecule has 1 unspecified atom stereocenters. The van der Waals surface area contributed by atoms with E-state index in [1.165, 1.54) is 19.1 Å². The van der Waals surface area contributed by atoms with Crippen LogP contribution in [-0.2, 0) is 16.0 Å². The molecular formula is C12H15ClFN3O2. The van der Waals surface area contributed by atoms with E-state index < -0.39 is 17.8 Å². The van der Waals surface area contributed by atoms with Crippen LogP contribution in [0, 0.1) is 5.82 Å². The standard InChI is InChI=1S/C12H14FN3O2.ClH/c1-6(14)12(18)16-10-5-9-7(4-8(10)13)2-3-11(17)15-9;/h4-6H,2-3,14H2,1H3,(H,15,17)(H,16,18);1H. The monoisotopic (exact) mass is 287 g/mol. The molecule has 1 atom stereocenters. The van der Waals surface area contributed by atoms with Crippen molar-refractivity contribution in [3.63, 3.8) is 0 Å². The van der Waals surface area contributed by atoms with Gasteiger partial charge in [-0.15, -0.1) is 12.4 Å². The second kappa shape index (κ2) is 5.99. The molecule has 0 spiro atoms. The normalized spacial score (nSPS) is 14.8. The Morgan fingerprint density at radius 2 is 2.16 bits per heavy atom. The molecule has 1 aliphatic heterocycles. The van der Waals surface area contributed by atoms with Gasteiger partial charge in [-0.2, -0.15) is 0 Å². The van der Waals surface area contributed by atoms with E-state index in [4.69, 9.17) is 5.73 Å². The third-order valence-corrected chi connectivity index (χ3v) is 2.76. The molecule has 0 radical (unpaired) electrons. The molecular weight excluding hydrogens is 273 g/mol. The summed E-state index contributed by atoms with van der Waals surface area (Å²) >= 11 is 0. The van der Waals surface area contributed by atoms with Crippen molar-refractivity contribution in [3.05, 3.63) is 23.5 Å². The molecule has 2 rings (SSSR count). The number of fused-ring (bicyclic) bond motifs is 1. The molecule has 1 aromatic rings. The number of nitrogens with one attached hydrogen (secondary N) is 2. The summed E-state index contributed by atoms with van der Waals surface area (Å²) < 4.78 is 13.7. The first-order valence-corrected chi connectivity index (χ1v) is 5.66. The van der Waals surface area contributed by atoms with Crippen molar-refractivity contribution in [2.24, 2.45) is 5.73 Å². The third-order valence-electron chi connectivity index (χ3n) is 2.76. The molecule has 0 saturated heterocycles. The van der Waals surface area contributed by atoms with E-state index in [0.29, 0.717) is 18.5 Å². The van der Waals surface area contributed by atoms with Gasteiger partial charge in [-0.3, -0.25) is 9.59 Å². The van der Waals surface area contributed by atoms with Gasteiger partial charge >= 0.3 is 0 Å². The Kier molecular flexibility index (Phi) is 4.85. The first-order valence-electron chi connectivity index (χ1n) is 5.66. The lowest BCUT2D eigenvalue weighted by Crippen LogP contribution is -2.33. The van der Waals surface area contributed by atoms with Gasteiger partial charge in [0.05, 0.1) is 11.7 Å². The molecule has 1 aliphatic rings. The summed E-state index contributed by atoms with van der Waals surface area (Å²) in [6, 6.07) is 2.02. The molecule has 104 valence electrons. The van der Waals surface area contributed by atoms with Gasteiger partial charge in [0.1, 0.15) is 5.82 Å². The molecule has 0 bridgehead atoms. The number of aryl methyl sites for hydroxylation is 1. The molecule has 5 nitrogen and oxygen atoms in total. The third kappa shape index (κ3) is 3.42. The predicted molar refractivity (Wildman–Crippen MR) is 72.9 cm³/mol. The molecule has 0 aliphatic carbocycles. The quantitative estimate of drug-likeness (QED) is 0.769. The molecule has 0 fully saturated rings. The number of amides is 2. The molecule has 0 saturated carbocycles. The number of carbonyl (C=O) groups excluding carboxylic acids is 2. The fraction of sp³-hybridized carbons (Fsp3) is 0.333. The highest BCUT2D eigenvalue weighted by Gasteiger charge is 2.19. The van der Waals surface area contributed by atoms with Crippen LogP contribution in [0.4, 0.5) is 15.8 Å². The van der Waals surface area contributed by atoms with Crippen molar-refractivity contribution in [1.29, 1.82) is 0 Å². The summed E-state index contributed by atoms with van der Waals surface area (Å²) in [5, 5.41) is 5.03. The first-order chi connectivity index (χ1) is 8.47. The van der Waals surface area contributed by atoms with Crippen LogP contribution in [0.2, 0.25) is 0 Å². The van der Waals surface area contributed by atoms with Crippen LogP contribution in [0.25, 0.3) is 0 Å². The Morgan fingerprint density at radius 1 is 1.47 bits per heavy atom. The van der Waals surface area contributed by atoms with Gasteiger partial charge in [0.25, 0.3) is 0 Å². The second-order valence-corrected chi connectivity index (χ2v) is 4.32. The van der Waals surface area contributed by atoms with E-state index >= 15 is 0 Å². The summed E-state index contributed by atoms with van der Waals surface area (Å²) in [5.41, 5.74) is 6.68. The van der Waals surface area contributed by atoms with E-state index in [1.54, 1.807) is 0 Å². The Balaban J connectivity index is 0.00000180. The van der Waals surface area contributed by atoms with Gasteiger partial charge < -0.3 is 16.4 Å². The van der Waals surface area contributed by atoms with Gasteiger partial charge in [-0.1, -0.05) is 0 Å². The highest BCUT2D eigenvalue weighted by Crippen LogP contribution is 2.28. The van der Waals surface area contributed by atoms with Crippen LogP contribution < -0.4 is 16.4 Å². The average molecular weight is 288 g/mol. The van der Waals surface area contributed by atoms with E-state index in [1.807, 2.05) is 0 Å². The van der Waals surface area contributed by atoms with Gasteiger partial charge in [0.15, 0.2) is 0 Å². The van der Waals surface area contributed by atoms with Crippen molar-refractivity contribution in [2.45, 2.75) is 25.8 Å². The fourth-order valence-electron chi connectivity index (χ4n) is 1.74. The first kappa shape index (κ1) is 15.4. The Morgan fingerprint density at radius 3 is 2.79 bits per heavy atom. The lowest BCUT2D eigenvalue weighted by atomic mass is 10.0. The molecule has 2 amide bonds. The smallest absolute Gasteiger partial charge is 0.241 e. The zero-order valence-electron chi connectivity index (χ0n) is 10.3. The summed E-state index contributed by atoms with van der Waals surface area (Å²) in [6.45, 7) is 1.51. The molecule has 4 N–H and O–H groups in total. The number of hydrogen-bond acceptors (Lipinski definition) is 3. The minimum absolute atomic E-state index is 0. The van der Waals surface area contributed by atoms with Gasteiger partial charge in [-0.25, -0.2) is 4.39 Å². The molecule has 7 heteroatoms. The topological polar surface area (TPSA) is 84.2 Å². The highest BCUT2D eigenvalue weighted by molar-refractivity contribution is 5.97. The van der Waals surface area contributed by atoms with Crippen LogP contribution >= 0.6 is 12.4 Å². The highest BCUT2D eigenvalue weighted by atomic mass is 35.5. The fourth-order valence-corrected chi connectivity index (χ4v) is 1.74. The average Bonchev–Trinajstić information content (AvgIpc) is 2.30. The summed E-state index contributed by atoms with van der Waals surface area (Å²) in [4.78, 5) is 22.6. The molecule has 1 aromatic carbocycles. The maximum atomic E-state index is 13.7. The Labute approximate surface area is 116 Å². The van der Waals surface area contributed by atoms with Gasteiger partial charge in [0, 0.05) is 12.1 Å². The van der Waals surface area contributed by atoms with Crippen molar-refractivity contribution in [2.75, 3.05) is 10.6 Å². The maximum Gasteiger partial charge on any atom is 0.241 e. The SMILES string of the molecule is CC(N)C(=O)Nc1cc2c(cc1F)CCC(=O)N2.Cl. The number of hydrogen-bond donors (Lipinski definition) is 3. The lowest BCUT2D eigenvalue weighted by molar-refractivity contribution is -0.117. The Bertz CT molecular complexity index is 520. The number of benzene rings is 1. The number of anilines is 2. The van der Waals surface area contributed by atoms with E-state index in [9.17, 15) is 14.0 Å². The van der Waals surface area contributed by atoms with Crippen LogP contribution in [0.15, 0.2) is 12.1 Å². The largest absolute Gasteiger partial charge is 0.326 e. The van der Waals surface area contributed by atoms with Crippen molar-refractivity contribution < 1.29 is 14.0 Å². The second-order valence-electron chi connectivity index (χ2n) is 4.32. The number of nitrogens with two attached hydrogens (primary N) is 1. The molecule has 1 heterocycles. The summed E-state index contributed by atoms with van der Waals surface area (Å²) in [7, 11) is 0. The predicted octanol–water partition coefficient (Wildman–Crippen LogP) is 1.42. The van der Waals surface area contributed by atoms with Crippen LogP contribution in [0.5, 0.6) is 0 Å². The van der Waals surface area contributed by atoms with Crippen LogP contribution in [0.1, 0.15) is 18.9 Å². The minimum Gasteiger partial charge on any atom is -0.326 e. The van der Waals surface area contributed by atoms with Gasteiger partial charge in [0.2, 0.25) is 11.8 Å². The maximum absolute atomic E-state index is 13.7. The van der Waals surface area contributed by atoms with E-state index in [-0.39, 0.29) is 24.0 Å². The van der Waals surface area contributed by atoms with Crippen LogP contribution in [0.3, 0.4) is 0 Å². The number of rotatable bonds is 2.